The van der Waals surface area contributed by atoms with Gasteiger partial charge in [0.05, 0.1) is 20.3 Å². The summed E-state index contributed by atoms with van der Waals surface area (Å²) in [6.45, 7) is 9.19. The molecule has 1 atom stereocenters. The topological polar surface area (TPSA) is 30.5 Å². The Morgan fingerprint density at radius 3 is 2.44 bits per heavy atom. The molecule has 1 N–H and O–H groups in total. The Labute approximate surface area is 110 Å². The average Bonchev–Trinajstić information content (AvgIpc) is 2.38. The van der Waals surface area contributed by atoms with Gasteiger partial charge in [-0.1, -0.05) is 25.1 Å². The van der Waals surface area contributed by atoms with E-state index in [2.05, 4.69) is 18.8 Å². The summed E-state index contributed by atoms with van der Waals surface area (Å²) >= 11 is 0. The van der Waals surface area contributed by atoms with E-state index in [0.29, 0.717) is 0 Å². The maximum atomic E-state index is 5.33. The fraction of sp³-hybridized carbons (Fsp3) is 0.467. The molecular formula is C15H23NO2. The standard InChI is InChI=1S/C15H23NO2/c1-6-9-16-15(11(2)3)12-7-8-13(17-4)14(10-12)18-5/h7-8,10,15-16H,2,6,9H2,1,3-5H3. The molecule has 0 radical (unpaired) electrons. The number of nitrogens with one attached hydrogen (secondary N) is 1. The number of hydrogen-bond acceptors (Lipinski definition) is 3. The van der Waals surface area contributed by atoms with Crippen LogP contribution in [0.3, 0.4) is 0 Å². The molecule has 100 valence electrons. The number of benzene rings is 1. The lowest BCUT2D eigenvalue weighted by atomic mass is 10.0. The second kappa shape index (κ2) is 7.07. The van der Waals surface area contributed by atoms with E-state index in [0.717, 1.165) is 35.6 Å². The second-order valence-corrected chi connectivity index (χ2v) is 4.35. The lowest BCUT2D eigenvalue weighted by molar-refractivity contribution is 0.354. The van der Waals surface area contributed by atoms with Crippen LogP contribution in [0.4, 0.5) is 0 Å². The van der Waals surface area contributed by atoms with Crippen LogP contribution in [0, 0.1) is 0 Å². The molecule has 0 spiro atoms. The third kappa shape index (κ3) is 3.50. The van der Waals surface area contributed by atoms with Crippen molar-refractivity contribution in [1.82, 2.24) is 5.32 Å². The van der Waals surface area contributed by atoms with Crippen molar-refractivity contribution in [2.24, 2.45) is 0 Å². The van der Waals surface area contributed by atoms with Gasteiger partial charge < -0.3 is 14.8 Å². The summed E-state index contributed by atoms with van der Waals surface area (Å²) in [5.74, 6) is 1.50. The maximum Gasteiger partial charge on any atom is 0.161 e. The Morgan fingerprint density at radius 2 is 1.94 bits per heavy atom. The van der Waals surface area contributed by atoms with E-state index in [-0.39, 0.29) is 6.04 Å². The van der Waals surface area contributed by atoms with Gasteiger partial charge in [-0.05, 0) is 37.6 Å². The van der Waals surface area contributed by atoms with Crippen LogP contribution in [0.2, 0.25) is 0 Å². The highest BCUT2D eigenvalue weighted by Gasteiger charge is 2.14. The van der Waals surface area contributed by atoms with Crippen LogP contribution in [0.15, 0.2) is 30.4 Å². The summed E-state index contributed by atoms with van der Waals surface area (Å²) in [4.78, 5) is 0. The lowest BCUT2D eigenvalue weighted by Gasteiger charge is -2.20. The molecule has 1 unspecified atom stereocenters. The first-order valence-electron chi connectivity index (χ1n) is 6.24. The van der Waals surface area contributed by atoms with Crippen molar-refractivity contribution in [2.45, 2.75) is 26.3 Å². The summed E-state index contributed by atoms with van der Waals surface area (Å²) in [6, 6.07) is 6.13. The zero-order chi connectivity index (χ0) is 13.5. The molecule has 0 amide bonds. The quantitative estimate of drug-likeness (QED) is 0.752. The highest BCUT2D eigenvalue weighted by molar-refractivity contribution is 5.45. The first kappa shape index (κ1) is 14.6. The van der Waals surface area contributed by atoms with Crippen molar-refractivity contribution < 1.29 is 9.47 Å². The van der Waals surface area contributed by atoms with Gasteiger partial charge in [-0.3, -0.25) is 0 Å². The molecule has 0 aliphatic carbocycles. The zero-order valence-electron chi connectivity index (χ0n) is 11.7. The van der Waals surface area contributed by atoms with Crippen molar-refractivity contribution in [3.63, 3.8) is 0 Å². The van der Waals surface area contributed by atoms with Gasteiger partial charge in [0.1, 0.15) is 0 Å². The fourth-order valence-corrected chi connectivity index (χ4v) is 1.90. The van der Waals surface area contributed by atoms with E-state index in [4.69, 9.17) is 9.47 Å². The monoisotopic (exact) mass is 249 g/mol. The van der Waals surface area contributed by atoms with Gasteiger partial charge in [0, 0.05) is 0 Å². The smallest absolute Gasteiger partial charge is 0.161 e. The normalized spacial score (nSPS) is 12.0. The summed E-state index contributed by atoms with van der Waals surface area (Å²) in [5, 5.41) is 3.48. The molecule has 0 aliphatic rings. The summed E-state index contributed by atoms with van der Waals surface area (Å²) in [5.41, 5.74) is 2.24. The van der Waals surface area contributed by atoms with E-state index >= 15 is 0 Å². The summed E-state index contributed by atoms with van der Waals surface area (Å²) in [6.07, 6.45) is 1.09. The van der Waals surface area contributed by atoms with Crippen molar-refractivity contribution >= 4 is 0 Å². The molecule has 0 saturated heterocycles. The maximum absolute atomic E-state index is 5.33. The first-order chi connectivity index (χ1) is 8.63. The van der Waals surface area contributed by atoms with Crippen LogP contribution in [0.25, 0.3) is 0 Å². The molecule has 0 saturated carbocycles. The summed E-state index contributed by atoms with van der Waals surface area (Å²) < 4.78 is 10.6. The van der Waals surface area contributed by atoms with Gasteiger partial charge in [-0.25, -0.2) is 0 Å². The Kier molecular flexibility index (Phi) is 5.72. The molecule has 18 heavy (non-hydrogen) atoms. The number of methoxy groups -OCH3 is 2. The van der Waals surface area contributed by atoms with Gasteiger partial charge in [0.2, 0.25) is 0 Å². The largest absolute Gasteiger partial charge is 0.493 e. The van der Waals surface area contributed by atoms with E-state index < -0.39 is 0 Å². The highest BCUT2D eigenvalue weighted by Crippen LogP contribution is 2.31. The van der Waals surface area contributed by atoms with Gasteiger partial charge in [-0.15, -0.1) is 0 Å². The van der Waals surface area contributed by atoms with Crippen LogP contribution in [0.5, 0.6) is 11.5 Å². The third-order valence-electron chi connectivity index (χ3n) is 2.83. The molecule has 1 aromatic carbocycles. The van der Waals surface area contributed by atoms with Crippen LogP contribution < -0.4 is 14.8 Å². The molecule has 3 nitrogen and oxygen atoms in total. The van der Waals surface area contributed by atoms with Crippen molar-refractivity contribution in [3.8, 4) is 11.5 Å². The minimum atomic E-state index is 0.157. The molecule has 0 heterocycles. The zero-order valence-corrected chi connectivity index (χ0v) is 11.7. The van der Waals surface area contributed by atoms with Gasteiger partial charge in [0.25, 0.3) is 0 Å². The lowest BCUT2D eigenvalue weighted by Crippen LogP contribution is -2.22. The average molecular weight is 249 g/mol. The highest BCUT2D eigenvalue weighted by atomic mass is 16.5. The second-order valence-electron chi connectivity index (χ2n) is 4.35. The van der Waals surface area contributed by atoms with E-state index in [9.17, 15) is 0 Å². The van der Waals surface area contributed by atoms with Crippen molar-refractivity contribution in [2.75, 3.05) is 20.8 Å². The molecule has 1 aromatic rings. The predicted octanol–water partition coefficient (Wildman–Crippen LogP) is 3.32. The van der Waals surface area contributed by atoms with Crippen LogP contribution in [-0.2, 0) is 0 Å². The van der Waals surface area contributed by atoms with Gasteiger partial charge in [0.15, 0.2) is 11.5 Å². The van der Waals surface area contributed by atoms with Gasteiger partial charge >= 0.3 is 0 Å². The SMILES string of the molecule is C=C(C)C(NCCC)c1ccc(OC)c(OC)c1. The minimum Gasteiger partial charge on any atom is -0.493 e. The Morgan fingerprint density at radius 1 is 1.28 bits per heavy atom. The Bertz CT molecular complexity index is 401. The summed E-state index contributed by atoms with van der Waals surface area (Å²) in [7, 11) is 3.29. The van der Waals surface area contributed by atoms with E-state index in [1.54, 1.807) is 14.2 Å². The fourth-order valence-electron chi connectivity index (χ4n) is 1.90. The third-order valence-corrected chi connectivity index (χ3v) is 2.83. The minimum absolute atomic E-state index is 0.157. The number of rotatable bonds is 7. The number of hydrogen-bond donors (Lipinski definition) is 1. The molecule has 3 heteroatoms. The molecule has 0 fully saturated rings. The van der Waals surface area contributed by atoms with E-state index in [1.807, 2.05) is 25.1 Å². The molecule has 0 bridgehead atoms. The predicted molar refractivity (Wildman–Crippen MR) is 75.4 cm³/mol. The molecular weight excluding hydrogens is 226 g/mol. The van der Waals surface area contributed by atoms with Crippen LogP contribution in [-0.4, -0.2) is 20.8 Å². The molecule has 0 aromatic heterocycles. The molecule has 1 rings (SSSR count). The number of ether oxygens (including phenoxy) is 2. The Balaban J connectivity index is 3.01. The van der Waals surface area contributed by atoms with Crippen LogP contribution >= 0.6 is 0 Å². The first-order valence-corrected chi connectivity index (χ1v) is 6.24. The Hall–Kier alpha value is -1.48. The van der Waals surface area contributed by atoms with E-state index in [1.165, 1.54) is 0 Å². The van der Waals surface area contributed by atoms with Crippen molar-refractivity contribution in [1.29, 1.82) is 0 Å². The van der Waals surface area contributed by atoms with Gasteiger partial charge in [-0.2, -0.15) is 0 Å². The molecule has 0 aliphatic heterocycles. The van der Waals surface area contributed by atoms with Crippen molar-refractivity contribution in [3.05, 3.63) is 35.9 Å². The van der Waals surface area contributed by atoms with Crippen LogP contribution in [0.1, 0.15) is 31.9 Å².